The van der Waals surface area contributed by atoms with Crippen LogP contribution in [-0.4, -0.2) is 24.9 Å². The standard InChI is InChI=1S/C12H13BrClNO3S/c1-12(8-14)6-11(15-18-12)19(16,17)7-9-3-2-4-10(13)5-9/h2-5H,6-8H2,1H3. The molecule has 1 aromatic carbocycles. The quantitative estimate of drug-likeness (QED) is 0.772. The maximum absolute atomic E-state index is 12.2. The predicted octanol–water partition coefficient (Wildman–Crippen LogP) is 3.10. The molecule has 0 spiro atoms. The summed E-state index contributed by atoms with van der Waals surface area (Å²) in [5.74, 6) is 0.111. The average molecular weight is 367 g/mol. The van der Waals surface area contributed by atoms with Crippen LogP contribution >= 0.6 is 27.5 Å². The molecule has 1 aliphatic heterocycles. The summed E-state index contributed by atoms with van der Waals surface area (Å²) in [4.78, 5) is 5.12. The van der Waals surface area contributed by atoms with Crippen LogP contribution in [0.2, 0.25) is 0 Å². The van der Waals surface area contributed by atoms with E-state index in [0.717, 1.165) is 4.47 Å². The summed E-state index contributed by atoms with van der Waals surface area (Å²) in [6, 6.07) is 7.18. The predicted molar refractivity (Wildman–Crippen MR) is 79.0 cm³/mol. The van der Waals surface area contributed by atoms with Gasteiger partial charge in [-0.1, -0.05) is 33.2 Å². The van der Waals surface area contributed by atoms with Gasteiger partial charge in [-0.25, -0.2) is 8.42 Å². The summed E-state index contributed by atoms with van der Waals surface area (Å²) in [5, 5.41) is 3.75. The van der Waals surface area contributed by atoms with Crippen LogP contribution < -0.4 is 0 Å². The van der Waals surface area contributed by atoms with E-state index in [9.17, 15) is 8.42 Å². The Morgan fingerprint density at radius 1 is 1.53 bits per heavy atom. The molecular formula is C12H13BrClNO3S. The third-order valence-corrected chi connectivity index (χ3v) is 5.49. The van der Waals surface area contributed by atoms with Gasteiger partial charge in [0, 0.05) is 10.9 Å². The molecule has 0 fully saturated rings. The number of nitrogens with zero attached hydrogens (tertiary/aromatic N) is 1. The van der Waals surface area contributed by atoms with Crippen molar-refractivity contribution < 1.29 is 13.3 Å². The minimum Gasteiger partial charge on any atom is -0.387 e. The van der Waals surface area contributed by atoms with E-state index in [2.05, 4.69) is 21.1 Å². The number of oxime groups is 1. The molecule has 1 aromatic rings. The average Bonchev–Trinajstić information content (AvgIpc) is 2.73. The Balaban J connectivity index is 2.17. The van der Waals surface area contributed by atoms with Crippen LogP contribution in [-0.2, 0) is 20.4 Å². The van der Waals surface area contributed by atoms with Crippen LogP contribution in [0.15, 0.2) is 33.9 Å². The lowest BCUT2D eigenvalue weighted by Crippen LogP contribution is -2.28. The first-order valence-corrected chi connectivity index (χ1v) is 8.61. The fraction of sp³-hybridized carbons (Fsp3) is 0.417. The van der Waals surface area contributed by atoms with Gasteiger partial charge in [0.05, 0.1) is 11.6 Å². The van der Waals surface area contributed by atoms with Gasteiger partial charge in [-0.3, -0.25) is 0 Å². The van der Waals surface area contributed by atoms with Gasteiger partial charge in [-0.05, 0) is 24.6 Å². The Labute approximate surface area is 125 Å². The molecule has 4 nitrogen and oxygen atoms in total. The second-order valence-corrected chi connectivity index (χ2v) is 7.90. The lowest BCUT2D eigenvalue weighted by molar-refractivity contribution is 0.0152. The van der Waals surface area contributed by atoms with Crippen molar-refractivity contribution in [2.24, 2.45) is 5.16 Å². The van der Waals surface area contributed by atoms with Crippen molar-refractivity contribution in [2.45, 2.75) is 24.7 Å². The van der Waals surface area contributed by atoms with E-state index in [1.165, 1.54) is 0 Å². The number of hydrogen-bond donors (Lipinski definition) is 0. The van der Waals surface area contributed by atoms with E-state index in [4.69, 9.17) is 16.4 Å². The monoisotopic (exact) mass is 365 g/mol. The first-order chi connectivity index (χ1) is 8.85. The smallest absolute Gasteiger partial charge is 0.199 e. The maximum Gasteiger partial charge on any atom is 0.199 e. The summed E-state index contributed by atoms with van der Waals surface area (Å²) in [7, 11) is -3.47. The lowest BCUT2D eigenvalue weighted by atomic mass is 10.1. The minimum absolute atomic E-state index is 0.0654. The molecule has 1 aliphatic rings. The highest BCUT2D eigenvalue weighted by atomic mass is 79.9. The molecule has 104 valence electrons. The van der Waals surface area contributed by atoms with Crippen molar-refractivity contribution in [3.8, 4) is 0 Å². The fourth-order valence-corrected chi connectivity index (χ4v) is 3.76. The Bertz CT molecular complexity index is 617. The van der Waals surface area contributed by atoms with E-state index in [-0.39, 0.29) is 23.1 Å². The molecule has 1 atom stereocenters. The molecule has 19 heavy (non-hydrogen) atoms. The SMILES string of the molecule is CC1(CCl)CC(S(=O)(=O)Cc2cccc(Br)c2)=NO1. The van der Waals surface area contributed by atoms with E-state index >= 15 is 0 Å². The van der Waals surface area contributed by atoms with Gasteiger partial charge in [0.1, 0.15) is 0 Å². The fourth-order valence-electron chi connectivity index (χ4n) is 1.71. The molecule has 0 saturated carbocycles. The van der Waals surface area contributed by atoms with Gasteiger partial charge < -0.3 is 4.84 Å². The normalized spacial score (nSPS) is 23.0. The number of benzene rings is 1. The topological polar surface area (TPSA) is 55.7 Å². The van der Waals surface area contributed by atoms with Crippen LogP contribution in [0, 0.1) is 0 Å². The van der Waals surface area contributed by atoms with E-state index in [0.29, 0.717) is 5.56 Å². The third-order valence-electron chi connectivity index (χ3n) is 2.78. The molecule has 0 amide bonds. The molecule has 0 aliphatic carbocycles. The maximum atomic E-state index is 12.2. The van der Waals surface area contributed by atoms with Crippen molar-refractivity contribution in [2.75, 3.05) is 5.88 Å². The zero-order chi connectivity index (χ0) is 14.1. The van der Waals surface area contributed by atoms with Gasteiger partial charge in [0.15, 0.2) is 20.5 Å². The molecule has 7 heteroatoms. The third kappa shape index (κ3) is 3.49. The van der Waals surface area contributed by atoms with Gasteiger partial charge in [0.2, 0.25) is 0 Å². The first-order valence-electron chi connectivity index (χ1n) is 5.63. The molecule has 1 heterocycles. The zero-order valence-electron chi connectivity index (χ0n) is 10.3. The summed E-state index contributed by atoms with van der Waals surface area (Å²) >= 11 is 9.06. The van der Waals surface area contributed by atoms with Gasteiger partial charge in [-0.15, -0.1) is 11.6 Å². The molecule has 0 N–H and O–H groups in total. The van der Waals surface area contributed by atoms with Crippen LogP contribution in [0.1, 0.15) is 18.9 Å². The molecule has 0 aromatic heterocycles. The second kappa shape index (κ2) is 5.42. The highest BCUT2D eigenvalue weighted by Crippen LogP contribution is 2.28. The molecule has 0 radical (unpaired) electrons. The van der Waals surface area contributed by atoms with Crippen molar-refractivity contribution in [3.05, 3.63) is 34.3 Å². The van der Waals surface area contributed by atoms with Crippen molar-refractivity contribution >= 4 is 42.4 Å². The lowest BCUT2D eigenvalue weighted by Gasteiger charge is -2.16. The van der Waals surface area contributed by atoms with E-state index in [1.54, 1.807) is 25.1 Å². The number of alkyl halides is 1. The largest absolute Gasteiger partial charge is 0.387 e. The Kier molecular flexibility index (Phi) is 4.23. The number of rotatable bonds is 3. The first kappa shape index (κ1) is 14.8. The van der Waals surface area contributed by atoms with Crippen LogP contribution in [0.25, 0.3) is 0 Å². The second-order valence-electron chi connectivity index (χ2n) is 4.73. The molecular weight excluding hydrogens is 354 g/mol. The highest BCUT2D eigenvalue weighted by Gasteiger charge is 2.38. The number of hydrogen-bond acceptors (Lipinski definition) is 4. The summed E-state index contributed by atoms with van der Waals surface area (Å²) in [5.41, 5.74) is -0.0159. The Morgan fingerprint density at radius 2 is 2.26 bits per heavy atom. The van der Waals surface area contributed by atoms with E-state index in [1.807, 2.05) is 6.07 Å². The van der Waals surface area contributed by atoms with Crippen LogP contribution in [0.4, 0.5) is 0 Å². The summed E-state index contributed by atoms with van der Waals surface area (Å²) in [6.07, 6.45) is 0.215. The molecule has 1 unspecified atom stereocenters. The Hall–Kier alpha value is -0.590. The zero-order valence-corrected chi connectivity index (χ0v) is 13.4. The summed E-state index contributed by atoms with van der Waals surface area (Å²) < 4.78 is 25.3. The van der Waals surface area contributed by atoms with Crippen molar-refractivity contribution in [1.82, 2.24) is 0 Å². The van der Waals surface area contributed by atoms with Gasteiger partial charge in [0.25, 0.3) is 0 Å². The number of sulfone groups is 1. The van der Waals surface area contributed by atoms with Gasteiger partial charge in [-0.2, -0.15) is 0 Å². The highest BCUT2D eigenvalue weighted by molar-refractivity contribution is 9.10. The number of halogens is 2. The van der Waals surface area contributed by atoms with Crippen LogP contribution in [0.3, 0.4) is 0 Å². The summed E-state index contributed by atoms with van der Waals surface area (Å²) in [6.45, 7) is 1.74. The van der Waals surface area contributed by atoms with E-state index < -0.39 is 15.4 Å². The molecule has 0 saturated heterocycles. The van der Waals surface area contributed by atoms with Crippen molar-refractivity contribution in [3.63, 3.8) is 0 Å². The van der Waals surface area contributed by atoms with Crippen molar-refractivity contribution in [1.29, 1.82) is 0 Å². The molecule has 2 rings (SSSR count). The van der Waals surface area contributed by atoms with Crippen LogP contribution in [0.5, 0.6) is 0 Å². The molecule has 0 bridgehead atoms. The van der Waals surface area contributed by atoms with Gasteiger partial charge >= 0.3 is 0 Å². The Morgan fingerprint density at radius 3 is 2.84 bits per heavy atom. The minimum atomic E-state index is -3.47.